The molecule has 2 heterocycles. The molecule has 1 aromatic carbocycles. The summed E-state index contributed by atoms with van der Waals surface area (Å²) in [6, 6.07) is 8.18. The smallest absolute Gasteiger partial charge is 0.137 e. The lowest BCUT2D eigenvalue weighted by Crippen LogP contribution is -2.06. The van der Waals surface area contributed by atoms with E-state index < -0.39 is 0 Å². The van der Waals surface area contributed by atoms with Gasteiger partial charge < -0.3 is 5.32 Å². The first-order chi connectivity index (χ1) is 9.83. The predicted octanol–water partition coefficient (Wildman–Crippen LogP) is 3.65. The van der Waals surface area contributed by atoms with Gasteiger partial charge in [-0.2, -0.15) is 16.4 Å². The molecule has 20 heavy (non-hydrogen) atoms. The minimum atomic E-state index is 0.695. The molecule has 3 aromatic rings. The Balaban J connectivity index is 1.74. The van der Waals surface area contributed by atoms with Gasteiger partial charge in [0.05, 0.1) is 11.6 Å². The Morgan fingerprint density at radius 1 is 1.20 bits per heavy atom. The number of thiophene rings is 1. The Kier molecular flexibility index (Phi) is 3.99. The third kappa shape index (κ3) is 3.00. The van der Waals surface area contributed by atoms with Crippen molar-refractivity contribution in [3.05, 3.63) is 63.8 Å². The molecule has 6 heteroatoms. The Hall–Kier alpha value is -1.85. The first-order valence-electron chi connectivity index (χ1n) is 6.17. The van der Waals surface area contributed by atoms with Crippen molar-refractivity contribution < 1.29 is 0 Å². The largest absolute Gasteiger partial charge is 0.381 e. The Morgan fingerprint density at radius 3 is 2.85 bits per heavy atom. The van der Waals surface area contributed by atoms with Crippen molar-refractivity contribution in [3.63, 3.8) is 0 Å². The van der Waals surface area contributed by atoms with Crippen molar-refractivity contribution in [1.29, 1.82) is 0 Å². The number of halogens is 1. The summed E-state index contributed by atoms with van der Waals surface area (Å²) in [6.07, 6.45) is 3.26. The second-order valence-electron chi connectivity index (χ2n) is 4.35. The van der Waals surface area contributed by atoms with E-state index in [2.05, 4.69) is 32.9 Å². The van der Waals surface area contributed by atoms with Crippen molar-refractivity contribution in [2.45, 2.75) is 13.1 Å². The van der Waals surface area contributed by atoms with Gasteiger partial charge in [-0.1, -0.05) is 29.8 Å². The highest BCUT2D eigenvalue weighted by Crippen LogP contribution is 2.23. The first-order valence-corrected chi connectivity index (χ1v) is 7.50. The number of para-hydroxylation sites is 1. The van der Waals surface area contributed by atoms with Crippen LogP contribution in [0.4, 0.5) is 5.69 Å². The van der Waals surface area contributed by atoms with E-state index in [1.54, 1.807) is 28.7 Å². The molecule has 0 unspecified atom stereocenters. The van der Waals surface area contributed by atoms with Crippen LogP contribution in [-0.2, 0) is 13.1 Å². The molecule has 0 fully saturated rings. The van der Waals surface area contributed by atoms with Crippen molar-refractivity contribution in [3.8, 4) is 0 Å². The number of nitrogens with one attached hydrogen (secondary N) is 1. The lowest BCUT2D eigenvalue weighted by Gasteiger charge is -2.11. The Labute approximate surface area is 126 Å². The Bertz CT molecular complexity index is 678. The summed E-state index contributed by atoms with van der Waals surface area (Å²) < 4.78 is 1.80. The van der Waals surface area contributed by atoms with E-state index in [0.717, 1.165) is 22.8 Å². The van der Waals surface area contributed by atoms with Crippen LogP contribution in [0.1, 0.15) is 11.1 Å². The van der Waals surface area contributed by atoms with Gasteiger partial charge in [-0.25, -0.2) is 9.67 Å². The fraction of sp³-hybridized carbons (Fsp3) is 0.143. The molecule has 0 saturated heterocycles. The third-order valence-corrected chi connectivity index (χ3v) is 4.25. The van der Waals surface area contributed by atoms with E-state index in [4.69, 9.17) is 11.6 Å². The van der Waals surface area contributed by atoms with Crippen LogP contribution in [0.15, 0.2) is 47.7 Å². The minimum absolute atomic E-state index is 0.695. The van der Waals surface area contributed by atoms with E-state index in [9.17, 15) is 0 Å². The number of anilines is 1. The lowest BCUT2D eigenvalue weighted by molar-refractivity contribution is 0.685. The van der Waals surface area contributed by atoms with Crippen molar-refractivity contribution in [2.24, 2.45) is 0 Å². The molecule has 2 aromatic heterocycles. The highest BCUT2D eigenvalue weighted by atomic mass is 35.5. The molecule has 0 amide bonds. The second kappa shape index (κ2) is 6.07. The molecule has 0 aliphatic heterocycles. The van der Waals surface area contributed by atoms with Crippen LogP contribution in [-0.4, -0.2) is 14.8 Å². The fourth-order valence-corrected chi connectivity index (χ4v) is 3.00. The quantitative estimate of drug-likeness (QED) is 0.782. The van der Waals surface area contributed by atoms with Gasteiger partial charge >= 0.3 is 0 Å². The van der Waals surface area contributed by atoms with Crippen LogP contribution >= 0.6 is 22.9 Å². The number of hydrogen-bond donors (Lipinski definition) is 1. The number of benzene rings is 1. The summed E-state index contributed by atoms with van der Waals surface area (Å²) in [5, 5.41) is 12.4. The van der Waals surface area contributed by atoms with E-state index in [0.29, 0.717) is 6.54 Å². The maximum Gasteiger partial charge on any atom is 0.137 e. The number of aromatic nitrogens is 3. The summed E-state index contributed by atoms with van der Waals surface area (Å²) in [7, 11) is 0. The highest BCUT2D eigenvalue weighted by Gasteiger charge is 2.05. The van der Waals surface area contributed by atoms with Crippen LogP contribution in [0.25, 0.3) is 0 Å². The van der Waals surface area contributed by atoms with E-state index in [1.165, 1.54) is 5.56 Å². The molecular formula is C14H13ClN4S. The van der Waals surface area contributed by atoms with Crippen molar-refractivity contribution in [1.82, 2.24) is 14.8 Å². The van der Waals surface area contributed by atoms with E-state index in [-0.39, 0.29) is 0 Å². The van der Waals surface area contributed by atoms with E-state index >= 15 is 0 Å². The van der Waals surface area contributed by atoms with Crippen molar-refractivity contribution >= 4 is 28.6 Å². The van der Waals surface area contributed by atoms with Gasteiger partial charge in [0.2, 0.25) is 0 Å². The molecule has 1 N–H and O–H groups in total. The molecule has 0 aliphatic carbocycles. The molecule has 0 radical (unpaired) electrons. The zero-order chi connectivity index (χ0) is 13.8. The maximum atomic E-state index is 6.11. The number of nitrogens with zero attached hydrogens (tertiary/aromatic N) is 3. The molecule has 0 bridgehead atoms. The summed E-state index contributed by atoms with van der Waals surface area (Å²) in [5.41, 5.74) is 3.38. The van der Waals surface area contributed by atoms with Crippen LogP contribution in [0.5, 0.6) is 0 Å². The molecule has 0 saturated carbocycles. The second-order valence-corrected chi connectivity index (χ2v) is 5.50. The van der Waals surface area contributed by atoms with Crippen LogP contribution in [0.3, 0.4) is 0 Å². The van der Waals surface area contributed by atoms with Gasteiger partial charge in [0.25, 0.3) is 0 Å². The molecule has 102 valence electrons. The van der Waals surface area contributed by atoms with Gasteiger partial charge in [-0.3, -0.25) is 0 Å². The minimum Gasteiger partial charge on any atom is -0.381 e. The SMILES string of the molecule is Clc1cscc1CNc1ccccc1Cn1cncn1. The number of rotatable bonds is 5. The molecule has 0 atom stereocenters. The first kappa shape index (κ1) is 13.1. The molecule has 0 aliphatic rings. The highest BCUT2D eigenvalue weighted by molar-refractivity contribution is 7.08. The zero-order valence-corrected chi connectivity index (χ0v) is 12.2. The summed E-state index contributed by atoms with van der Waals surface area (Å²) in [4.78, 5) is 3.96. The standard InChI is InChI=1S/C14H13ClN4S/c15-13-8-20-7-12(13)5-17-14-4-2-1-3-11(14)6-19-10-16-9-18-19/h1-4,7-10,17H,5-6H2. The van der Waals surface area contributed by atoms with Crippen molar-refractivity contribution in [2.75, 3.05) is 5.32 Å². The van der Waals surface area contributed by atoms with Gasteiger partial charge in [-0.15, -0.1) is 0 Å². The van der Waals surface area contributed by atoms with Crippen LogP contribution < -0.4 is 5.32 Å². The average Bonchev–Trinajstić information content (AvgIpc) is 3.10. The summed E-state index contributed by atoms with van der Waals surface area (Å²) >= 11 is 7.72. The third-order valence-electron chi connectivity index (χ3n) is 2.97. The Morgan fingerprint density at radius 2 is 2.10 bits per heavy atom. The molecular weight excluding hydrogens is 292 g/mol. The van der Waals surface area contributed by atoms with E-state index in [1.807, 2.05) is 17.5 Å². The fourth-order valence-electron chi connectivity index (χ4n) is 1.94. The molecule has 4 nitrogen and oxygen atoms in total. The number of hydrogen-bond acceptors (Lipinski definition) is 4. The van der Waals surface area contributed by atoms with Gasteiger partial charge in [0, 0.05) is 23.2 Å². The summed E-state index contributed by atoms with van der Waals surface area (Å²) in [5.74, 6) is 0. The average molecular weight is 305 g/mol. The maximum absolute atomic E-state index is 6.11. The lowest BCUT2D eigenvalue weighted by atomic mass is 10.1. The zero-order valence-electron chi connectivity index (χ0n) is 10.7. The van der Waals surface area contributed by atoms with Crippen LogP contribution in [0.2, 0.25) is 5.02 Å². The van der Waals surface area contributed by atoms with Gasteiger partial charge in [0.1, 0.15) is 12.7 Å². The monoisotopic (exact) mass is 304 g/mol. The van der Waals surface area contributed by atoms with Gasteiger partial charge in [-0.05, 0) is 17.0 Å². The topological polar surface area (TPSA) is 42.7 Å². The molecule has 3 rings (SSSR count). The molecule has 0 spiro atoms. The normalized spacial score (nSPS) is 10.7. The summed E-state index contributed by atoms with van der Waals surface area (Å²) in [6.45, 7) is 1.41. The predicted molar refractivity (Wildman–Crippen MR) is 82.2 cm³/mol. The van der Waals surface area contributed by atoms with Crippen LogP contribution in [0, 0.1) is 0 Å². The van der Waals surface area contributed by atoms with Gasteiger partial charge in [0.15, 0.2) is 0 Å².